The molecule has 2 bridgehead atoms. The highest BCUT2D eigenvalue weighted by Gasteiger charge is 2.33. The Labute approximate surface area is 153 Å². The molecule has 146 valence electrons. The van der Waals surface area contributed by atoms with Crippen LogP contribution in [0.1, 0.15) is 25.3 Å². The Morgan fingerprint density at radius 3 is 2.62 bits per heavy atom. The van der Waals surface area contributed by atoms with Gasteiger partial charge in [-0.1, -0.05) is 6.07 Å². The molecular formula is C19H28F2N2O3. The highest BCUT2D eigenvalue weighted by Crippen LogP contribution is 2.30. The largest absolute Gasteiger partial charge is 0.490 e. The Hall–Kier alpha value is -1.44. The van der Waals surface area contributed by atoms with Crippen LogP contribution in [0, 0.1) is 0 Å². The molecule has 0 saturated carbocycles. The molecule has 2 atom stereocenters. The summed E-state index contributed by atoms with van der Waals surface area (Å²) in [6.45, 7) is 4.10. The second-order valence-electron chi connectivity index (χ2n) is 7.05. The summed E-state index contributed by atoms with van der Waals surface area (Å²) in [4.78, 5) is 4.71. The third-order valence-corrected chi connectivity index (χ3v) is 4.89. The molecule has 0 radical (unpaired) electrons. The van der Waals surface area contributed by atoms with Crippen LogP contribution in [0.3, 0.4) is 0 Å². The zero-order valence-electron chi connectivity index (χ0n) is 15.5. The first kappa shape index (κ1) is 19.3. The number of hydrogen-bond donors (Lipinski definition) is 0. The number of hydrogen-bond acceptors (Lipinski definition) is 5. The van der Waals surface area contributed by atoms with E-state index in [0.717, 1.165) is 38.3 Å². The zero-order chi connectivity index (χ0) is 18.5. The lowest BCUT2D eigenvalue weighted by Crippen LogP contribution is -2.45. The van der Waals surface area contributed by atoms with Crippen LogP contribution in [0.4, 0.5) is 8.78 Å². The van der Waals surface area contributed by atoms with Crippen LogP contribution in [-0.4, -0.2) is 68.5 Å². The molecule has 0 unspecified atom stereocenters. The average Bonchev–Trinajstić information content (AvgIpc) is 2.93. The average molecular weight is 370 g/mol. The van der Waals surface area contributed by atoms with Crippen molar-refractivity contribution in [1.82, 2.24) is 9.80 Å². The molecule has 1 aromatic carbocycles. The number of benzene rings is 1. The van der Waals surface area contributed by atoms with Crippen molar-refractivity contribution < 1.29 is 23.0 Å². The predicted molar refractivity (Wildman–Crippen MR) is 94.9 cm³/mol. The lowest BCUT2D eigenvalue weighted by atomic mass is 10.2. The van der Waals surface area contributed by atoms with Gasteiger partial charge in [0.2, 0.25) is 0 Å². The third kappa shape index (κ3) is 5.28. The fourth-order valence-electron chi connectivity index (χ4n) is 3.70. The lowest BCUT2D eigenvalue weighted by Gasteiger charge is -2.33. The van der Waals surface area contributed by atoms with E-state index in [1.165, 1.54) is 12.8 Å². The summed E-state index contributed by atoms with van der Waals surface area (Å²) in [6.07, 6.45) is 3.19. The molecule has 2 aliphatic heterocycles. The fourth-order valence-corrected chi connectivity index (χ4v) is 3.70. The van der Waals surface area contributed by atoms with Crippen molar-refractivity contribution in [3.63, 3.8) is 0 Å². The summed E-state index contributed by atoms with van der Waals surface area (Å²) in [6, 6.07) is 5.15. The topological polar surface area (TPSA) is 34.2 Å². The van der Waals surface area contributed by atoms with E-state index in [1.54, 1.807) is 12.1 Å². The standard InChI is InChI=1S/C19H28F2N2O3/c1-3-24-18-10-14(4-7-17(18)26-19(20)21)11-22(2)8-9-23-12-15-5-6-16(13-23)25-15/h4,7,10,15-16,19H,3,5-6,8-9,11-13H2,1-2H3/t15-,16+. The van der Waals surface area contributed by atoms with Gasteiger partial charge in [-0.05, 0) is 44.5 Å². The molecule has 0 amide bonds. The number of rotatable bonds is 9. The van der Waals surface area contributed by atoms with E-state index in [1.807, 2.05) is 13.0 Å². The van der Waals surface area contributed by atoms with Crippen molar-refractivity contribution in [2.24, 2.45) is 0 Å². The van der Waals surface area contributed by atoms with Crippen LogP contribution >= 0.6 is 0 Å². The maximum atomic E-state index is 12.5. The first-order valence-electron chi connectivity index (χ1n) is 9.30. The van der Waals surface area contributed by atoms with Crippen molar-refractivity contribution in [2.75, 3.05) is 39.8 Å². The van der Waals surface area contributed by atoms with Gasteiger partial charge in [0.15, 0.2) is 11.5 Å². The first-order chi connectivity index (χ1) is 12.5. The van der Waals surface area contributed by atoms with E-state index in [4.69, 9.17) is 9.47 Å². The Morgan fingerprint density at radius 2 is 1.96 bits per heavy atom. The number of alkyl halides is 2. The maximum Gasteiger partial charge on any atom is 0.387 e. The molecule has 0 N–H and O–H groups in total. The smallest absolute Gasteiger partial charge is 0.387 e. The molecule has 26 heavy (non-hydrogen) atoms. The van der Waals surface area contributed by atoms with Crippen molar-refractivity contribution in [3.05, 3.63) is 23.8 Å². The minimum absolute atomic E-state index is 0.0806. The van der Waals surface area contributed by atoms with Crippen LogP contribution in [0.15, 0.2) is 18.2 Å². The molecule has 1 aromatic rings. The molecule has 2 fully saturated rings. The van der Waals surface area contributed by atoms with E-state index in [0.29, 0.717) is 24.6 Å². The maximum absolute atomic E-state index is 12.5. The molecule has 2 heterocycles. The van der Waals surface area contributed by atoms with Gasteiger partial charge >= 0.3 is 6.61 Å². The number of fused-ring (bicyclic) bond motifs is 2. The van der Waals surface area contributed by atoms with Gasteiger partial charge in [0.25, 0.3) is 0 Å². The number of likely N-dealkylation sites (tertiary alicyclic amines) is 1. The van der Waals surface area contributed by atoms with Gasteiger partial charge in [-0.2, -0.15) is 8.78 Å². The Morgan fingerprint density at radius 1 is 1.23 bits per heavy atom. The summed E-state index contributed by atoms with van der Waals surface area (Å²) < 4.78 is 40.8. The van der Waals surface area contributed by atoms with Crippen molar-refractivity contribution in [3.8, 4) is 11.5 Å². The van der Waals surface area contributed by atoms with Crippen LogP contribution in [-0.2, 0) is 11.3 Å². The van der Waals surface area contributed by atoms with E-state index in [9.17, 15) is 8.78 Å². The van der Waals surface area contributed by atoms with Crippen LogP contribution in [0.2, 0.25) is 0 Å². The van der Waals surface area contributed by atoms with Crippen molar-refractivity contribution >= 4 is 0 Å². The number of halogens is 2. The third-order valence-electron chi connectivity index (χ3n) is 4.89. The lowest BCUT2D eigenvalue weighted by molar-refractivity contribution is -0.0514. The predicted octanol–water partition coefficient (Wildman–Crippen LogP) is 2.98. The van der Waals surface area contributed by atoms with Gasteiger partial charge in [-0.3, -0.25) is 4.90 Å². The molecule has 0 aromatic heterocycles. The minimum atomic E-state index is -2.86. The number of ether oxygens (including phenoxy) is 3. The Bertz CT molecular complexity index is 576. The number of morpholine rings is 1. The van der Waals surface area contributed by atoms with Crippen LogP contribution in [0.25, 0.3) is 0 Å². The number of likely N-dealkylation sites (N-methyl/N-ethyl adjacent to an activating group) is 1. The van der Waals surface area contributed by atoms with E-state index in [-0.39, 0.29) is 5.75 Å². The summed E-state index contributed by atoms with van der Waals surface area (Å²) in [5.41, 5.74) is 1.01. The minimum Gasteiger partial charge on any atom is -0.490 e. The highest BCUT2D eigenvalue weighted by atomic mass is 19.3. The summed E-state index contributed by atoms with van der Waals surface area (Å²) in [5, 5.41) is 0. The SMILES string of the molecule is CCOc1cc(CN(C)CCN2C[C@H]3CC[C@@H](C2)O3)ccc1OC(F)F. The van der Waals surface area contributed by atoms with Gasteiger partial charge in [0.1, 0.15) is 0 Å². The molecule has 2 saturated heterocycles. The molecule has 0 aliphatic carbocycles. The van der Waals surface area contributed by atoms with Crippen molar-refractivity contribution in [2.45, 2.75) is 45.1 Å². The monoisotopic (exact) mass is 370 g/mol. The quantitative estimate of drug-likeness (QED) is 0.668. The zero-order valence-corrected chi connectivity index (χ0v) is 15.5. The van der Waals surface area contributed by atoms with Gasteiger partial charge < -0.3 is 19.1 Å². The van der Waals surface area contributed by atoms with Gasteiger partial charge in [0.05, 0.1) is 18.8 Å². The summed E-state index contributed by atoms with van der Waals surface area (Å²) in [7, 11) is 2.07. The molecule has 2 aliphatic rings. The molecule has 0 spiro atoms. The molecule has 7 heteroatoms. The van der Waals surface area contributed by atoms with Crippen LogP contribution < -0.4 is 9.47 Å². The van der Waals surface area contributed by atoms with E-state index in [2.05, 4.69) is 21.6 Å². The van der Waals surface area contributed by atoms with Gasteiger partial charge in [0, 0.05) is 32.7 Å². The molecule has 5 nitrogen and oxygen atoms in total. The number of nitrogens with zero attached hydrogens (tertiary/aromatic N) is 2. The summed E-state index contributed by atoms with van der Waals surface area (Å²) in [5.74, 6) is 0.445. The second-order valence-corrected chi connectivity index (χ2v) is 7.05. The van der Waals surface area contributed by atoms with Crippen LogP contribution in [0.5, 0.6) is 11.5 Å². The van der Waals surface area contributed by atoms with Gasteiger partial charge in [-0.15, -0.1) is 0 Å². The summed E-state index contributed by atoms with van der Waals surface area (Å²) >= 11 is 0. The fraction of sp³-hybridized carbons (Fsp3) is 0.684. The second kappa shape index (κ2) is 8.97. The molecular weight excluding hydrogens is 342 g/mol. The van der Waals surface area contributed by atoms with Gasteiger partial charge in [-0.25, -0.2) is 0 Å². The van der Waals surface area contributed by atoms with E-state index < -0.39 is 6.61 Å². The van der Waals surface area contributed by atoms with Crippen molar-refractivity contribution in [1.29, 1.82) is 0 Å². The Balaban J connectivity index is 1.51. The normalized spacial score (nSPS) is 23.0. The van der Waals surface area contributed by atoms with E-state index >= 15 is 0 Å². The Kier molecular flexibility index (Phi) is 6.67. The first-order valence-corrected chi connectivity index (χ1v) is 9.30. The highest BCUT2D eigenvalue weighted by molar-refractivity contribution is 5.43. The molecule has 3 rings (SSSR count).